The first kappa shape index (κ1) is 10.9. The van der Waals surface area contributed by atoms with Crippen LogP contribution >= 0.6 is 23.5 Å². The van der Waals surface area contributed by atoms with E-state index < -0.39 is 0 Å². The fourth-order valence-electron chi connectivity index (χ4n) is 0.711. The van der Waals surface area contributed by atoms with E-state index in [-0.39, 0.29) is 0 Å². The highest BCUT2D eigenvalue weighted by molar-refractivity contribution is 8.02. The van der Waals surface area contributed by atoms with Crippen LogP contribution in [-0.2, 0) is 6.54 Å². The predicted octanol–water partition coefficient (Wildman–Crippen LogP) is 1.37. The highest BCUT2D eigenvalue weighted by atomic mass is 32.2. The molecule has 1 aromatic rings. The van der Waals surface area contributed by atoms with Crippen molar-refractivity contribution in [2.45, 2.75) is 18.7 Å². The Kier molecular flexibility index (Phi) is 5.26. The number of nitrogens with zero attached hydrogens (tertiary/aromatic N) is 2. The summed E-state index contributed by atoms with van der Waals surface area (Å²) >= 11 is 3.48. The SMILES string of the molecule is CCSCCSc1nnc(CN)o1. The Morgan fingerprint density at radius 1 is 1.38 bits per heavy atom. The highest BCUT2D eigenvalue weighted by Crippen LogP contribution is 2.17. The molecule has 0 unspecified atom stereocenters. The summed E-state index contributed by atoms with van der Waals surface area (Å²) in [6, 6.07) is 0. The van der Waals surface area contributed by atoms with Gasteiger partial charge in [-0.1, -0.05) is 18.7 Å². The first-order valence-electron chi connectivity index (χ1n) is 4.09. The van der Waals surface area contributed by atoms with E-state index in [9.17, 15) is 0 Å². The molecular weight excluding hydrogens is 206 g/mol. The van der Waals surface area contributed by atoms with Gasteiger partial charge in [-0.05, 0) is 5.75 Å². The maximum absolute atomic E-state index is 5.33. The van der Waals surface area contributed by atoms with E-state index in [1.807, 2.05) is 11.8 Å². The number of rotatable bonds is 6. The molecule has 0 saturated heterocycles. The summed E-state index contributed by atoms with van der Waals surface area (Å²) in [6.45, 7) is 2.46. The third-order valence-electron chi connectivity index (χ3n) is 1.28. The van der Waals surface area contributed by atoms with Gasteiger partial charge in [0.15, 0.2) is 0 Å². The second-order valence-electron chi connectivity index (χ2n) is 2.21. The van der Waals surface area contributed by atoms with E-state index in [0.717, 1.165) is 17.3 Å². The lowest BCUT2D eigenvalue weighted by Gasteiger charge is -1.94. The van der Waals surface area contributed by atoms with Gasteiger partial charge in [0, 0.05) is 11.5 Å². The van der Waals surface area contributed by atoms with Crippen molar-refractivity contribution < 1.29 is 4.42 Å². The molecule has 0 atom stereocenters. The van der Waals surface area contributed by atoms with Crippen molar-refractivity contribution in [3.05, 3.63) is 5.89 Å². The second-order valence-corrected chi connectivity index (χ2v) is 4.65. The maximum Gasteiger partial charge on any atom is 0.276 e. The molecule has 0 radical (unpaired) electrons. The Labute approximate surface area is 86.0 Å². The number of hydrogen-bond acceptors (Lipinski definition) is 6. The molecule has 0 fully saturated rings. The van der Waals surface area contributed by atoms with Crippen molar-refractivity contribution in [3.63, 3.8) is 0 Å². The molecule has 0 aliphatic carbocycles. The fraction of sp³-hybridized carbons (Fsp3) is 0.714. The van der Waals surface area contributed by atoms with Crippen molar-refractivity contribution in [2.24, 2.45) is 5.73 Å². The molecule has 1 rings (SSSR count). The van der Waals surface area contributed by atoms with Crippen LogP contribution in [0.3, 0.4) is 0 Å². The van der Waals surface area contributed by atoms with Crippen molar-refractivity contribution >= 4 is 23.5 Å². The largest absolute Gasteiger partial charge is 0.415 e. The average molecular weight is 219 g/mol. The van der Waals surface area contributed by atoms with Crippen LogP contribution in [0.2, 0.25) is 0 Å². The lowest BCUT2D eigenvalue weighted by atomic mass is 10.7. The minimum atomic E-state index is 0.317. The zero-order valence-corrected chi connectivity index (χ0v) is 9.16. The minimum Gasteiger partial charge on any atom is -0.415 e. The van der Waals surface area contributed by atoms with Crippen molar-refractivity contribution in [3.8, 4) is 0 Å². The highest BCUT2D eigenvalue weighted by Gasteiger charge is 2.03. The summed E-state index contributed by atoms with van der Waals surface area (Å²) in [5.41, 5.74) is 5.33. The van der Waals surface area contributed by atoms with Gasteiger partial charge in [-0.15, -0.1) is 10.2 Å². The number of nitrogens with two attached hydrogens (primary N) is 1. The van der Waals surface area contributed by atoms with Crippen LogP contribution < -0.4 is 5.73 Å². The normalized spacial score (nSPS) is 10.6. The molecule has 2 N–H and O–H groups in total. The first-order chi connectivity index (χ1) is 6.36. The molecule has 0 bridgehead atoms. The maximum atomic E-state index is 5.33. The van der Waals surface area contributed by atoms with Crippen LogP contribution in [0.25, 0.3) is 0 Å². The smallest absolute Gasteiger partial charge is 0.276 e. The van der Waals surface area contributed by atoms with Crippen LogP contribution in [0.15, 0.2) is 9.64 Å². The molecule has 1 aromatic heterocycles. The van der Waals surface area contributed by atoms with Gasteiger partial charge >= 0.3 is 0 Å². The summed E-state index contributed by atoms with van der Waals surface area (Å²) in [5.74, 6) is 3.77. The van der Waals surface area contributed by atoms with Gasteiger partial charge in [-0.25, -0.2) is 0 Å². The van der Waals surface area contributed by atoms with E-state index >= 15 is 0 Å². The molecule has 0 aromatic carbocycles. The molecule has 0 aliphatic rings. The summed E-state index contributed by atoms with van der Waals surface area (Å²) in [4.78, 5) is 0. The number of thioether (sulfide) groups is 2. The van der Waals surface area contributed by atoms with Gasteiger partial charge in [-0.3, -0.25) is 0 Å². The topological polar surface area (TPSA) is 64.9 Å². The summed E-state index contributed by atoms with van der Waals surface area (Å²) in [5, 5.41) is 8.23. The Balaban J connectivity index is 2.20. The molecule has 1 heterocycles. The monoisotopic (exact) mass is 219 g/mol. The van der Waals surface area contributed by atoms with E-state index in [0.29, 0.717) is 17.7 Å². The van der Waals surface area contributed by atoms with Gasteiger partial charge in [-0.2, -0.15) is 11.8 Å². The lowest BCUT2D eigenvalue weighted by molar-refractivity contribution is 0.415. The Bertz CT molecular complexity index is 241. The second kappa shape index (κ2) is 6.28. The molecule has 13 heavy (non-hydrogen) atoms. The van der Waals surface area contributed by atoms with E-state index in [1.54, 1.807) is 11.8 Å². The summed E-state index contributed by atoms with van der Waals surface area (Å²) in [7, 11) is 0. The molecule has 6 heteroatoms. The van der Waals surface area contributed by atoms with Crippen molar-refractivity contribution in [1.29, 1.82) is 0 Å². The Morgan fingerprint density at radius 2 is 2.23 bits per heavy atom. The first-order valence-corrected chi connectivity index (χ1v) is 6.23. The Morgan fingerprint density at radius 3 is 2.85 bits per heavy atom. The standard InChI is InChI=1S/C7H13N3OS2/c1-2-12-3-4-13-7-10-9-6(5-8)11-7/h2-5,8H2,1H3. The van der Waals surface area contributed by atoms with Crippen LogP contribution in [0, 0.1) is 0 Å². The van der Waals surface area contributed by atoms with E-state index in [2.05, 4.69) is 17.1 Å². The predicted molar refractivity (Wildman–Crippen MR) is 55.9 cm³/mol. The molecule has 0 saturated carbocycles. The molecule has 74 valence electrons. The lowest BCUT2D eigenvalue weighted by Crippen LogP contribution is -1.95. The van der Waals surface area contributed by atoms with Gasteiger partial charge in [0.25, 0.3) is 5.22 Å². The molecule has 0 spiro atoms. The third-order valence-corrected chi connectivity index (χ3v) is 3.26. The van der Waals surface area contributed by atoms with Crippen LogP contribution in [0.1, 0.15) is 12.8 Å². The van der Waals surface area contributed by atoms with Crippen LogP contribution in [0.4, 0.5) is 0 Å². The van der Waals surface area contributed by atoms with Gasteiger partial charge in [0.2, 0.25) is 5.89 Å². The van der Waals surface area contributed by atoms with Gasteiger partial charge in [0.05, 0.1) is 6.54 Å². The van der Waals surface area contributed by atoms with Crippen molar-refractivity contribution in [1.82, 2.24) is 10.2 Å². The van der Waals surface area contributed by atoms with Gasteiger partial charge < -0.3 is 10.2 Å². The van der Waals surface area contributed by atoms with Crippen LogP contribution in [0.5, 0.6) is 0 Å². The molecule has 0 amide bonds. The fourth-order valence-corrected chi connectivity index (χ4v) is 2.23. The van der Waals surface area contributed by atoms with Crippen molar-refractivity contribution in [2.75, 3.05) is 17.3 Å². The summed E-state index contributed by atoms with van der Waals surface area (Å²) < 4.78 is 5.22. The quantitative estimate of drug-likeness (QED) is 0.576. The number of hydrogen-bond donors (Lipinski definition) is 1. The summed E-state index contributed by atoms with van der Waals surface area (Å²) in [6.07, 6.45) is 0. The van der Waals surface area contributed by atoms with E-state index in [1.165, 1.54) is 0 Å². The molecule has 4 nitrogen and oxygen atoms in total. The van der Waals surface area contributed by atoms with Crippen LogP contribution in [-0.4, -0.2) is 27.5 Å². The zero-order chi connectivity index (χ0) is 9.52. The van der Waals surface area contributed by atoms with E-state index in [4.69, 9.17) is 10.2 Å². The molecular formula is C7H13N3OS2. The average Bonchev–Trinajstić information content (AvgIpc) is 2.60. The zero-order valence-electron chi connectivity index (χ0n) is 7.52. The van der Waals surface area contributed by atoms with Gasteiger partial charge in [0.1, 0.15) is 0 Å². The Hall–Kier alpha value is -0.200. The minimum absolute atomic E-state index is 0.317. The number of aromatic nitrogens is 2. The third kappa shape index (κ3) is 4.02. The molecule has 0 aliphatic heterocycles.